The van der Waals surface area contributed by atoms with Gasteiger partial charge in [-0.15, -0.1) is 0 Å². The number of carbonyl (C=O) groups is 2. The molecule has 7 heteroatoms. The second kappa shape index (κ2) is 7.36. The Morgan fingerprint density at radius 1 is 0.826 bits per heavy atom. The molecule has 0 amide bonds. The Morgan fingerprint density at radius 3 is 1.52 bits per heavy atom. The van der Waals surface area contributed by atoms with Gasteiger partial charge in [0.05, 0.1) is 0 Å². The summed E-state index contributed by atoms with van der Waals surface area (Å²) >= 11 is -1.37. The van der Waals surface area contributed by atoms with Gasteiger partial charge >= 0.3 is 143 Å². The van der Waals surface area contributed by atoms with Gasteiger partial charge in [0.2, 0.25) is 0 Å². The summed E-state index contributed by atoms with van der Waals surface area (Å²) in [5, 5.41) is 18.8. The molecule has 0 aromatic heterocycles. The summed E-state index contributed by atoms with van der Waals surface area (Å²) in [4.78, 5) is 22.9. The molecule has 0 saturated heterocycles. The standard InChI is InChI=1S/C16H14O6Te/c1-21-11-7-3-5-9(15(17)18)13(11)23-14-10(16(19)20)6-4-8-12(14)22-2/h3-8H,1-2H3,(H,17,18)(H,19,20). The van der Waals surface area contributed by atoms with Crippen LogP contribution in [0.5, 0.6) is 11.5 Å². The van der Waals surface area contributed by atoms with Crippen molar-refractivity contribution in [3.63, 3.8) is 0 Å². The molecule has 0 unspecified atom stereocenters. The minimum absolute atomic E-state index is 0.119. The Morgan fingerprint density at radius 2 is 1.22 bits per heavy atom. The monoisotopic (exact) mass is 432 g/mol. The summed E-state index contributed by atoms with van der Waals surface area (Å²) < 4.78 is 11.6. The van der Waals surface area contributed by atoms with Gasteiger partial charge in [-0.2, -0.15) is 0 Å². The first kappa shape index (κ1) is 17.1. The molecule has 0 spiro atoms. The molecular formula is C16H14O6Te. The fraction of sp³-hybridized carbons (Fsp3) is 0.125. The van der Waals surface area contributed by atoms with Gasteiger partial charge in [-0.3, -0.25) is 0 Å². The van der Waals surface area contributed by atoms with Crippen LogP contribution in [-0.2, 0) is 0 Å². The molecule has 2 aromatic rings. The Bertz CT molecular complexity index is 693. The number of hydrogen-bond acceptors (Lipinski definition) is 4. The summed E-state index contributed by atoms with van der Waals surface area (Å²) in [6, 6.07) is 9.50. The van der Waals surface area contributed by atoms with E-state index in [1.54, 1.807) is 24.3 Å². The second-order valence-corrected chi connectivity index (χ2v) is 7.30. The molecule has 6 nitrogen and oxygen atoms in total. The molecule has 0 aliphatic carbocycles. The fourth-order valence-corrected chi connectivity index (χ4v) is 5.54. The van der Waals surface area contributed by atoms with E-state index in [0.717, 1.165) is 0 Å². The quantitative estimate of drug-likeness (QED) is 0.658. The van der Waals surface area contributed by atoms with Crippen molar-refractivity contribution in [1.29, 1.82) is 0 Å². The van der Waals surface area contributed by atoms with Gasteiger partial charge < -0.3 is 0 Å². The molecule has 120 valence electrons. The number of rotatable bonds is 6. The zero-order chi connectivity index (χ0) is 17.0. The maximum atomic E-state index is 11.5. The normalized spacial score (nSPS) is 10.2. The minimum atomic E-state index is -1.37. The van der Waals surface area contributed by atoms with Crippen molar-refractivity contribution in [2.75, 3.05) is 14.2 Å². The van der Waals surface area contributed by atoms with Crippen molar-refractivity contribution in [3.05, 3.63) is 47.5 Å². The molecule has 0 saturated carbocycles. The molecule has 2 N–H and O–H groups in total. The predicted octanol–water partition coefficient (Wildman–Crippen LogP) is 0.755. The van der Waals surface area contributed by atoms with Gasteiger partial charge in [-0.05, 0) is 0 Å². The number of benzene rings is 2. The van der Waals surface area contributed by atoms with E-state index in [-0.39, 0.29) is 11.1 Å². The van der Waals surface area contributed by atoms with Crippen LogP contribution in [0, 0.1) is 0 Å². The Hall–Kier alpha value is -2.23. The topological polar surface area (TPSA) is 93.1 Å². The molecule has 2 rings (SSSR count). The van der Waals surface area contributed by atoms with Crippen LogP contribution >= 0.6 is 0 Å². The summed E-state index contributed by atoms with van der Waals surface area (Å²) in [6.45, 7) is 0. The van der Waals surface area contributed by atoms with Crippen LogP contribution in [0.3, 0.4) is 0 Å². The van der Waals surface area contributed by atoms with Gasteiger partial charge in [0.1, 0.15) is 0 Å². The maximum absolute atomic E-state index is 11.5. The number of ether oxygens (including phenoxy) is 2. The van der Waals surface area contributed by atoms with Crippen LogP contribution < -0.4 is 16.7 Å². The van der Waals surface area contributed by atoms with E-state index in [2.05, 4.69) is 0 Å². The van der Waals surface area contributed by atoms with Crippen LogP contribution in [0.25, 0.3) is 0 Å². The molecule has 0 heterocycles. The summed E-state index contributed by atoms with van der Waals surface area (Å²) in [7, 11) is 2.91. The predicted molar refractivity (Wildman–Crippen MR) is 84.9 cm³/mol. The number of methoxy groups -OCH3 is 2. The number of carboxylic acids is 2. The summed E-state index contributed by atoms with van der Waals surface area (Å²) in [5.74, 6) is -1.27. The van der Waals surface area contributed by atoms with Gasteiger partial charge in [0.15, 0.2) is 0 Å². The van der Waals surface area contributed by atoms with Gasteiger partial charge in [0.25, 0.3) is 0 Å². The third kappa shape index (κ3) is 3.58. The molecular weight excluding hydrogens is 416 g/mol. The van der Waals surface area contributed by atoms with E-state index in [1.165, 1.54) is 26.4 Å². The van der Waals surface area contributed by atoms with Crippen molar-refractivity contribution in [3.8, 4) is 11.5 Å². The Labute approximate surface area is 142 Å². The summed E-state index contributed by atoms with van der Waals surface area (Å²) in [6.07, 6.45) is 0. The van der Waals surface area contributed by atoms with Crippen molar-refractivity contribution in [2.24, 2.45) is 0 Å². The van der Waals surface area contributed by atoms with E-state index < -0.39 is 32.9 Å². The molecule has 23 heavy (non-hydrogen) atoms. The number of hydrogen-bond donors (Lipinski definition) is 2. The average molecular weight is 430 g/mol. The van der Waals surface area contributed by atoms with Crippen molar-refractivity contribution in [1.82, 2.24) is 0 Å². The first-order valence-electron chi connectivity index (χ1n) is 6.48. The second-order valence-electron chi connectivity index (χ2n) is 4.39. The SMILES string of the molecule is COc1cccc(C(=O)O)c1[Te]c1c(OC)cccc1C(=O)O. The van der Waals surface area contributed by atoms with Gasteiger partial charge in [-0.25, -0.2) is 0 Å². The van der Waals surface area contributed by atoms with E-state index in [0.29, 0.717) is 18.7 Å². The molecule has 0 atom stereocenters. The Kier molecular flexibility index (Phi) is 5.48. The van der Waals surface area contributed by atoms with Gasteiger partial charge in [-0.1, -0.05) is 0 Å². The first-order valence-corrected chi connectivity index (χ1v) is 8.81. The molecule has 0 aliphatic rings. The van der Waals surface area contributed by atoms with E-state index in [1.807, 2.05) is 0 Å². The molecule has 0 radical (unpaired) electrons. The third-order valence-electron chi connectivity index (χ3n) is 3.06. The molecule has 2 aromatic carbocycles. The zero-order valence-corrected chi connectivity index (χ0v) is 14.7. The van der Waals surface area contributed by atoms with Crippen molar-refractivity contribution in [2.45, 2.75) is 0 Å². The van der Waals surface area contributed by atoms with Crippen LogP contribution in [0.1, 0.15) is 20.7 Å². The fourth-order valence-electron chi connectivity index (χ4n) is 2.00. The van der Waals surface area contributed by atoms with E-state index in [9.17, 15) is 19.8 Å². The van der Waals surface area contributed by atoms with Crippen molar-refractivity contribution < 1.29 is 29.3 Å². The molecule has 0 aliphatic heterocycles. The van der Waals surface area contributed by atoms with Crippen LogP contribution in [0.2, 0.25) is 0 Å². The Balaban J connectivity index is 2.64. The van der Waals surface area contributed by atoms with Crippen LogP contribution in [0.4, 0.5) is 0 Å². The summed E-state index contributed by atoms with van der Waals surface area (Å²) in [5.41, 5.74) is 0.239. The average Bonchev–Trinajstić information content (AvgIpc) is 2.54. The van der Waals surface area contributed by atoms with Gasteiger partial charge in [0, 0.05) is 0 Å². The third-order valence-corrected chi connectivity index (χ3v) is 6.63. The zero-order valence-electron chi connectivity index (χ0n) is 12.4. The number of aromatic carboxylic acids is 2. The van der Waals surface area contributed by atoms with Crippen LogP contribution in [-0.4, -0.2) is 57.3 Å². The molecule has 0 bridgehead atoms. The van der Waals surface area contributed by atoms with Crippen molar-refractivity contribution >= 4 is 40.1 Å². The van der Waals surface area contributed by atoms with E-state index in [4.69, 9.17) is 9.47 Å². The van der Waals surface area contributed by atoms with E-state index >= 15 is 0 Å². The first-order chi connectivity index (χ1) is 11.0. The van der Waals surface area contributed by atoms with Crippen LogP contribution in [0.15, 0.2) is 36.4 Å². The molecule has 0 fully saturated rings. The number of carboxylic acid groups (broad SMARTS) is 2.